The minimum Gasteiger partial charge on any atom is -0.304 e. The number of H-pyrrole nitrogens is 1. The summed E-state index contributed by atoms with van der Waals surface area (Å²) in [6.07, 6.45) is 3.94. The number of aromatic nitrogens is 3. The first-order valence-electron chi connectivity index (χ1n) is 5.88. The van der Waals surface area contributed by atoms with Gasteiger partial charge in [0.15, 0.2) is 5.82 Å². The van der Waals surface area contributed by atoms with Gasteiger partial charge in [-0.05, 0) is 53.4 Å². The molecule has 0 spiro atoms. The fourth-order valence-corrected chi connectivity index (χ4v) is 2.40. The fraction of sp³-hybridized carbons (Fsp3) is 0.308. The van der Waals surface area contributed by atoms with Crippen LogP contribution in [0, 0.1) is 6.92 Å². The van der Waals surface area contributed by atoms with Crippen molar-refractivity contribution in [1.29, 1.82) is 0 Å². The van der Waals surface area contributed by atoms with E-state index in [0.717, 1.165) is 24.1 Å². The lowest BCUT2D eigenvalue weighted by Gasteiger charge is -2.05. The Balaban J connectivity index is 2.15. The number of aryl methyl sites for hydroxylation is 1. The number of halogens is 1. The maximum Gasteiger partial charge on any atom is 0.265 e. The summed E-state index contributed by atoms with van der Waals surface area (Å²) in [7, 11) is 0. The highest BCUT2D eigenvalue weighted by molar-refractivity contribution is 9.10. The molecule has 0 bridgehead atoms. The molecule has 2 aromatic heterocycles. The number of pyridine rings is 1. The molecule has 1 aliphatic carbocycles. The molecule has 0 saturated heterocycles. The fourth-order valence-electron chi connectivity index (χ4n) is 1.89. The summed E-state index contributed by atoms with van der Waals surface area (Å²) < 4.78 is 0.557. The van der Waals surface area contributed by atoms with Crippen molar-refractivity contribution in [3.05, 3.63) is 44.4 Å². The van der Waals surface area contributed by atoms with Crippen LogP contribution in [0.3, 0.4) is 0 Å². The van der Waals surface area contributed by atoms with Gasteiger partial charge >= 0.3 is 0 Å². The molecule has 2 aromatic rings. The van der Waals surface area contributed by atoms with Crippen molar-refractivity contribution in [2.24, 2.45) is 0 Å². The van der Waals surface area contributed by atoms with E-state index in [9.17, 15) is 4.79 Å². The van der Waals surface area contributed by atoms with Crippen LogP contribution in [0.15, 0.2) is 27.6 Å². The maximum atomic E-state index is 11.9. The van der Waals surface area contributed by atoms with Crippen molar-refractivity contribution in [3.63, 3.8) is 0 Å². The number of nitrogens with zero attached hydrogens (tertiary/aromatic N) is 2. The smallest absolute Gasteiger partial charge is 0.265 e. The van der Waals surface area contributed by atoms with Gasteiger partial charge in [-0.25, -0.2) is 4.98 Å². The Morgan fingerprint density at radius 2 is 2.22 bits per heavy atom. The SMILES string of the molecule is Cc1ccnc(-c2nc(C3CC3)c(Br)c(=O)[nH]2)c1. The second kappa shape index (κ2) is 4.31. The molecule has 1 N–H and O–H groups in total. The van der Waals surface area contributed by atoms with Crippen LogP contribution in [0.25, 0.3) is 11.5 Å². The number of aromatic amines is 1. The molecule has 0 amide bonds. The molecule has 0 aromatic carbocycles. The zero-order valence-corrected chi connectivity index (χ0v) is 11.5. The third kappa shape index (κ3) is 2.10. The lowest BCUT2D eigenvalue weighted by molar-refractivity contribution is 0.953. The highest BCUT2D eigenvalue weighted by atomic mass is 79.9. The third-order valence-electron chi connectivity index (χ3n) is 3.01. The van der Waals surface area contributed by atoms with E-state index in [4.69, 9.17) is 0 Å². The highest BCUT2D eigenvalue weighted by Gasteiger charge is 2.29. The molecule has 1 saturated carbocycles. The van der Waals surface area contributed by atoms with Gasteiger partial charge < -0.3 is 4.98 Å². The molecule has 92 valence electrons. The summed E-state index contributed by atoms with van der Waals surface area (Å²) in [5.74, 6) is 0.971. The van der Waals surface area contributed by atoms with E-state index in [1.165, 1.54) is 0 Å². The quantitative estimate of drug-likeness (QED) is 0.928. The van der Waals surface area contributed by atoms with Gasteiger partial charge in [-0.3, -0.25) is 9.78 Å². The lowest BCUT2D eigenvalue weighted by Crippen LogP contribution is -2.13. The Labute approximate surface area is 113 Å². The Hall–Kier alpha value is -1.49. The maximum absolute atomic E-state index is 11.9. The second-order valence-electron chi connectivity index (χ2n) is 4.61. The highest BCUT2D eigenvalue weighted by Crippen LogP contribution is 2.41. The van der Waals surface area contributed by atoms with Crippen molar-refractivity contribution in [3.8, 4) is 11.5 Å². The van der Waals surface area contributed by atoms with Crippen molar-refractivity contribution in [1.82, 2.24) is 15.0 Å². The van der Waals surface area contributed by atoms with Gasteiger partial charge in [0.1, 0.15) is 10.2 Å². The van der Waals surface area contributed by atoms with Crippen LogP contribution in [0.1, 0.15) is 30.0 Å². The zero-order chi connectivity index (χ0) is 12.7. The van der Waals surface area contributed by atoms with Gasteiger partial charge in [0.05, 0.1) is 5.69 Å². The zero-order valence-electron chi connectivity index (χ0n) is 9.90. The molecular weight excluding hydrogens is 294 g/mol. The molecule has 1 aliphatic rings. The van der Waals surface area contributed by atoms with Crippen molar-refractivity contribution in [2.75, 3.05) is 0 Å². The van der Waals surface area contributed by atoms with Gasteiger partial charge in [0.2, 0.25) is 0 Å². The Bertz CT molecular complexity index is 662. The Morgan fingerprint density at radius 1 is 1.44 bits per heavy atom. The molecule has 1 fully saturated rings. The standard InChI is InChI=1S/C13H12BrN3O/c1-7-4-5-15-9(6-7)12-16-11(8-2-3-8)10(14)13(18)17-12/h4-6,8H,2-3H2,1H3,(H,16,17,18). The molecule has 3 rings (SSSR count). The average molecular weight is 306 g/mol. The number of hydrogen-bond donors (Lipinski definition) is 1. The molecule has 0 aliphatic heterocycles. The summed E-state index contributed by atoms with van der Waals surface area (Å²) >= 11 is 3.32. The van der Waals surface area contributed by atoms with E-state index in [0.29, 0.717) is 21.9 Å². The monoisotopic (exact) mass is 305 g/mol. The van der Waals surface area contributed by atoms with E-state index < -0.39 is 0 Å². The molecule has 0 unspecified atom stereocenters. The lowest BCUT2D eigenvalue weighted by atomic mass is 10.2. The van der Waals surface area contributed by atoms with Crippen LogP contribution in [0.5, 0.6) is 0 Å². The summed E-state index contributed by atoms with van der Waals surface area (Å²) in [6.45, 7) is 1.99. The normalized spacial score (nSPS) is 14.8. The molecule has 5 heteroatoms. The van der Waals surface area contributed by atoms with Crippen LogP contribution in [0.4, 0.5) is 0 Å². The molecular formula is C13H12BrN3O. The Kier molecular flexibility index (Phi) is 2.78. The van der Waals surface area contributed by atoms with Gasteiger partial charge in [-0.15, -0.1) is 0 Å². The van der Waals surface area contributed by atoms with Gasteiger partial charge in [-0.2, -0.15) is 0 Å². The van der Waals surface area contributed by atoms with E-state index in [-0.39, 0.29) is 5.56 Å². The molecule has 0 atom stereocenters. The first-order valence-corrected chi connectivity index (χ1v) is 6.67. The topological polar surface area (TPSA) is 58.6 Å². The molecule has 4 nitrogen and oxygen atoms in total. The van der Waals surface area contributed by atoms with Gasteiger partial charge in [0.25, 0.3) is 5.56 Å². The van der Waals surface area contributed by atoms with Crippen LogP contribution in [-0.2, 0) is 0 Å². The third-order valence-corrected chi connectivity index (χ3v) is 3.78. The Morgan fingerprint density at radius 3 is 2.89 bits per heavy atom. The van der Waals surface area contributed by atoms with E-state index >= 15 is 0 Å². The largest absolute Gasteiger partial charge is 0.304 e. The van der Waals surface area contributed by atoms with Gasteiger partial charge in [0, 0.05) is 12.1 Å². The van der Waals surface area contributed by atoms with Crippen molar-refractivity contribution >= 4 is 15.9 Å². The summed E-state index contributed by atoms with van der Waals surface area (Å²) in [5, 5.41) is 0. The van der Waals surface area contributed by atoms with Crippen LogP contribution in [0.2, 0.25) is 0 Å². The van der Waals surface area contributed by atoms with E-state index in [2.05, 4.69) is 30.9 Å². The summed E-state index contributed by atoms with van der Waals surface area (Å²) in [5.41, 5.74) is 2.53. The minimum absolute atomic E-state index is 0.134. The van der Waals surface area contributed by atoms with E-state index in [1.54, 1.807) is 6.20 Å². The van der Waals surface area contributed by atoms with Crippen molar-refractivity contribution < 1.29 is 0 Å². The van der Waals surface area contributed by atoms with E-state index in [1.807, 2.05) is 19.1 Å². The number of rotatable bonds is 2. The second-order valence-corrected chi connectivity index (χ2v) is 5.40. The number of hydrogen-bond acceptors (Lipinski definition) is 3. The molecule has 2 heterocycles. The van der Waals surface area contributed by atoms with Crippen molar-refractivity contribution in [2.45, 2.75) is 25.7 Å². The first kappa shape index (κ1) is 11.6. The minimum atomic E-state index is -0.134. The molecule has 0 radical (unpaired) electrons. The predicted octanol–water partition coefficient (Wildman–Crippen LogP) is 2.78. The summed E-state index contributed by atoms with van der Waals surface area (Å²) in [6, 6.07) is 3.84. The first-order chi connectivity index (χ1) is 8.65. The van der Waals surface area contributed by atoms with Crippen LogP contribution in [-0.4, -0.2) is 15.0 Å². The average Bonchev–Trinajstić information content (AvgIpc) is 3.16. The summed E-state index contributed by atoms with van der Waals surface area (Å²) in [4.78, 5) is 23.4. The van der Waals surface area contributed by atoms with Crippen LogP contribution < -0.4 is 5.56 Å². The van der Waals surface area contributed by atoms with Crippen LogP contribution >= 0.6 is 15.9 Å². The number of nitrogens with one attached hydrogen (secondary N) is 1. The molecule has 18 heavy (non-hydrogen) atoms. The predicted molar refractivity (Wildman–Crippen MR) is 72.5 cm³/mol. The van der Waals surface area contributed by atoms with Gasteiger partial charge in [-0.1, -0.05) is 0 Å².